The van der Waals surface area contributed by atoms with Gasteiger partial charge >= 0.3 is 0 Å². The summed E-state index contributed by atoms with van der Waals surface area (Å²) < 4.78 is 0. The van der Waals surface area contributed by atoms with Crippen LogP contribution in [0.25, 0.3) is 10.9 Å². The predicted octanol–water partition coefficient (Wildman–Crippen LogP) is 4.47. The molecule has 4 aliphatic rings. The Bertz CT molecular complexity index is 650. The van der Waals surface area contributed by atoms with Crippen molar-refractivity contribution in [1.29, 1.82) is 0 Å². The van der Waals surface area contributed by atoms with Gasteiger partial charge in [-0.3, -0.25) is 0 Å². The number of aromatic nitrogens is 1. The summed E-state index contributed by atoms with van der Waals surface area (Å²) >= 11 is 0. The first-order chi connectivity index (χ1) is 10.3. The van der Waals surface area contributed by atoms with Crippen LogP contribution in [0.3, 0.4) is 0 Å². The van der Waals surface area contributed by atoms with Crippen molar-refractivity contribution in [2.45, 2.75) is 38.1 Å². The fraction of sp³-hybridized carbons (Fsp3) is 0.526. The second kappa shape index (κ2) is 4.46. The molecule has 0 atom stereocenters. The van der Waals surface area contributed by atoms with Crippen molar-refractivity contribution in [2.75, 3.05) is 5.32 Å². The fourth-order valence-corrected chi connectivity index (χ4v) is 5.48. The van der Waals surface area contributed by atoms with Gasteiger partial charge in [-0.15, -0.1) is 0 Å². The molecule has 4 bridgehead atoms. The van der Waals surface area contributed by atoms with Gasteiger partial charge in [0.1, 0.15) is 5.82 Å². The maximum Gasteiger partial charge on any atom is 0.126 e. The number of fused-ring (bicyclic) bond motifs is 1. The van der Waals surface area contributed by atoms with Crippen LogP contribution in [0.2, 0.25) is 0 Å². The molecule has 1 aromatic carbocycles. The van der Waals surface area contributed by atoms with E-state index in [4.69, 9.17) is 4.98 Å². The van der Waals surface area contributed by atoms with E-state index in [2.05, 4.69) is 41.7 Å². The lowest BCUT2D eigenvalue weighted by Gasteiger charge is -2.54. The normalized spacial score (nSPS) is 37.0. The molecule has 6 rings (SSSR count). The number of anilines is 1. The summed E-state index contributed by atoms with van der Waals surface area (Å²) in [4.78, 5) is 4.82. The summed E-state index contributed by atoms with van der Waals surface area (Å²) in [5.41, 5.74) is 1.10. The van der Waals surface area contributed by atoms with Gasteiger partial charge in [-0.1, -0.05) is 18.2 Å². The molecule has 21 heavy (non-hydrogen) atoms. The van der Waals surface area contributed by atoms with Gasteiger partial charge < -0.3 is 5.32 Å². The van der Waals surface area contributed by atoms with Gasteiger partial charge in [-0.05, 0) is 74.0 Å². The molecule has 0 amide bonds. The van der Waals surface area contributed by atoms with Gasteiger partial charge in [0.05, 0.1) is 5.52 Å². The topological polar surface area (TPSA) is 24.9 Å². The molecule has 0 saturated heterocycles. The van der Waals surface area contributed by atoms with Crippen molar-refractivity contribution in [1.82, 2.24) is 4.98 Å². The van der Waals surface area contributed by atoms with Crippen LogP contribution in [-0.4, -0.2) is 11.0 Å². The SMILES string of the molecule is c1ccc2nc(NC3C4CC5CC(C4)CC3C5)ccc2c1. The number of benzene rings is 1. The highest BCUT2D eigenvalue weighted by Crippen LogP contribution is 2.54. The van der Waals surface area contributed by atoms with Gasteiger partial charge in [-0.2, -0.15) is 0 Å². The quantitative estimate of drug-likeness (QED) is 0.876. The third kappa shape index (κ3) is 1.96. The van der Waals surface area contributed by atoms with Crippen LogP contribution in [-0.2, 0) is 0 Å². The Morgan fingerprint density at radius 1 is 0.810 bits per heavy atom. The van der Waals surface area contributed by atoms with E-state index >= 15 is 0 Å². The lowest BCUT2D eigenvalue weighted by Crippen LogP contribution is -2.51. The van der Waals surface area contributed by atoms with Crippen LogP contribution in [0.1, 0.15) is 32.1 Å². The molecule has 1 aromatic heterocycles. The second-order valence-corrected chi connectivity index (χ2v) is 7.49. The molecule has 1 heterocycles. The van der Waals surface area contributed by atoms with E-state index in [1.54, 1.807) is 0 Å². The third-order valence-electron chi connectivity index (χ3n) is 6.14. The van der Waals surface area contributed by atoms with Crippen LogP contribution in [0.4, 0.5) is 5.82 Å². The van der Waals surface area contributed by atoms with Gasteiger partial charge in [0.2, 0.25) is 0 Å². The van der Waals surface area contributed by atoms with Gasteiger partial charge in [-0.25, -0.2) is 4.98 Å². The molecular weight excluding hydrogens is 256 g/mol. The van der Waals surface area contributed by atoms with E-state index in [1.807, 2.05) is 0 Å². The van der Waals surface area contributed by atoms with E-state index < -0.39 is 0 Å². The minimum Gasteiger partial charge on any atom is -0.367 e. The number of nitrogens with one attached hydrogen (secondary N) is 1. The van der Waals surface area contributed by atoms with Crippen LogP contribution in [0.5, 0.6) is 0 Å². The van der Waals surface area contributed by atoms with Crippen molar-refractivity contribution < 1.29 is 0 Å². The first-order valence-corrected chi connectivity index (χ1v) is 8.47. The largest absolute Gasteiger partial charge is 0.367 e. The number of para-hydroxylation sites is 1. The molecule has 0 aliphatic heterocycles. The van der Waals surface area contributed by atoms with E-state index in [0.29, 0.717) is 6.04 Å². The molecule has 2 aromatic rings. The molecule has 2 nitrogen and oxygen atoms in total. The van der Waals surface area contributed by atoms with Crippen molar-refractivity contribution in [2.24, 2.45) is 23.7 Å². The van der Waals surface area contributed by atoms with Gasteiger partial charge in [0.15, 0.2) is 0 Å². The highest BCUT2D eigenvalue weighted by Gasteiger charge is 2.48. The van der Waals surface area contributed by atoms with Crippen LogP contribution in [0, 0.1) is 23.7 Å². The van der Waals surface area contributed by atoms with E-state index in [-0.39, 0.29) is 0 Å². The first-order valence-electron chi connectivity index (χ1n) is 8.47. The lowest BCUT2D eigenvalue weighted by molar-refractivity contribution is 0.00742. The Morgan fingerprint density at radius 3 is 2.29 bits per heavy atom. The van der Waals surface area contributed by atoms with Crippen LogP contribution < -0.4 is 5.32 Å². The molecule has 2 heteroatoms. The Hall–Kier alpha value is -1.57. The molecule has 4 saturated carbocycles. The monoisotopic (exact) mass is 278 g/mol. The van der Waals surface area contributed by atoms with Crippen LogP contribution >= 0.6 is 0 Å². The number of rotatable bonds is 2. The Morgan fingerprint density at radius 2 is 1.52 bits per heavy atom. The van der Waals surface area contributed by atoms with Crippen molar-refractivity contribution in [3.8, 4) is 0 Å². The maximum absolute atomic E-state index is 4.82. The van der Waals surface area contributed by atoms with E-state index in [9.17, 15) is 0 Å². The number of pyridine rings is 1. The molecule has 0 unspecified atom stereocenters. The summed E-state index contributed by atoms with van der Waals surface area (Å²) in [5, 5.41) is 5.03. The highest BCUT2D eigenvalue weighted by atomic mass is 15.0. The smallest absolute Gasteiger partial charge is 0.126 e. The van der Waals surface area contributed by atoms with Crippen LogP contribution in [0.15, 0.2) is 36.4 Å². The minimum atomic E-state index is 0.673. The summed E-state index contributed by atoms with van der Waals surface area (Å²) in [6, 6.07) is 13.4. The molecule has 0 radical (unpaired) electrons. The predicted molar refractivity (Wildman–Crippen MR) is 86.2 cm³/mol. The standard InChI is InChI=1S/C19H22N2/c1-2-4-17-14(3-1)5-6-18(20-17)21-19-15-8-12-7-13(10-15)11-16(19)9-12/h1-6,12-13,15-16,19H,7-11H2,(H,20,21). The molecule has 4 aliphatic carbocycles. The summed E-state index contributed by atoms with van der Waals surface area (Å²) in [5.74, 6) is 4.94. The highest BCUT2D eigenvalue weighted by molar-refractivity contribution is 5.80. The molecule has 1 N–H and O–H groups in total. The zero-order chi connectivity index (χ0) is 13.8. The van der Waals surface area contributed by atoms with Gasteiger partial charge in [0, 0.05) is 11.4 Å². The molecule has 4 fully saturated rings. The summed E-state index contributed by atoms with van der Waals surface area (Å²) in [6.07, 6.45) is 7.35. The number of nitrogens with zero attached hydrogens (tertiary/aromatic N) is 1. The second-order valence-electron chi connectivity index (χ2n) is 7.49. The lowest BCUT2D eigenvalue weighted by atomic mass is 9.54. The molecule has 0 spiro atoms. The zero-order valence-corrected chi connectivity index (χ0v) is 12.3. The van der Waals surface area contributed by atoms with E-state index in [0.717, 1.165) is 35.0 Å². The number of hydrogen-bond donors (Lipinski definition) is 1. The van der Waals surface area contributed by atoms with Crippen molar-refractivity contribution in [3.05, 3.63) is 36.4 Å². The van der Waals surface area contributed by atoms with Crippen molar-refractivity contribution >= 4 is 16.7 Å². The Labute approximate surface area is 126 Å². The molecule has 108 valence electrons. The molecular formula is C19H22N2. The van der Waals surface area contributed by atoms with Crippen molar-refractivity contribution in [3.63, 3.8) is 0 Å². The summed E-state index contributed by atoms with van der Waals surface area (Å²) in [6.45, 7) is 0. The Balaban J connectivity index is 1.43. The minimum absolute atomic E-state index is 0.673. The van der Waals surface area contributed by atoms with E-state index in [1.165, 1.54) is 37.5 Å². The third-order valence-corrected chi connectivity index (χ3v) is 6.14. The van der Waals surface area contributed by atoms with Gasteiger partial charge in [0.25, 0.3) is 0 Å². The number of hydrogen-bond acceptors (Lipinski definition) is 2. The Kier molecular flexibility index (Phi) is 2.55. The fourth-order valence-electron chi connectivity index (χ4n) is 5.48. The summed E-state index contributed by atoms with van der Waals surface area (Å²) in [7, 11) is 0. The average Bonchev–Trinajstić information content (AvgIpc) is 2.50. The maximum atomic E-state index is 4.82. The first kappa shape index (κ1) is 12.0. The average molecular weight is 278 g/mol. The zero-order valence-electron chi connectivity index (χ0n) is 12.3.